The summed E-state index contributed by atoms with van der Waals surface area (Å²) in [5.74, 6) is -0.197. The zero-order valence-electron chi connectivity index (χ0n) is 19.3. The standard InChI is InChI=1S/C24H30N6O4/c1-2-30-22-19(14-26-30)21(27-18-6-11-33-12-7-18)20(13-25-22)23(31)28-17-3-8-29(9-4-17)24(32)16-5-10-34-15-16/h5,10,13-15,17-18H,2-4,6-9,11-12H2,1H3,(H,25,27)(H,28,31). The molecule has 2 saturated heterocycles. The zero-order valence-corrected chi connectivity index (χ0v) is 19.3. The van der Waals surface area contributed by atoms with E-state index in [1.165, 1.54) is 12.5 Å². The van der Waals surface area contributed by atoms with E-state index in [1.807, 2.05) is 11.6 Å². The number of piperidine rings is 1. The molecule has 180 valence electrons. The normalized spacial score (nSPS) is 17.7. The number of hydrogen-bond acceptors (Lipinski definition) is 7. The molecule has 2 N–H and O–H groups in total. The van der Waals surface area contributed by atoms with Crippen molar-refractivity contribution in [3.8, 4) is 0 Å². The Kier molecular flexibility index (Phi) is 6.48. The molecule has 10 heteroatoms. The molecule has 0 atom stereocenters. The number of furan rings is 1. The monoisotopic (exact) mass is 466 g/mol. The quantitative estimate of drug-likeness (QED) is 0.574. The minimum atomic E-state index is -0.159. The number of carbonyl (C=O) groups is 2. The SMILES string of the molecule is CCn1ncc2c(NC3CCOCC3)c(C(=O)NC3CCN(C(=O)c4ccoc4)CC3)cnc21. The average Bonchev–Trinajstić information content (AvgIpc) is 3.55. The van der Waals surface area contributed by atoms with Gasteiger partial charge in [-0.2, -0.15) is 5.10 Å². The number of fused-ring (bicyclic) bond motifs is 1. The van der Waals surface area contributed by atoms with E-state index in [4.69, 9.17) is 9.15 Å². The maximum absolute atomic E-state index is 13.4. The lowest BCUT2D eigenvalue weighted by Crippen LogP contribution is -2.46. The number of anilines is 1. The number of nitrogens with zero attached hydrogens (tertiary/aromatic N) is 4. The fourth-order valence-electron chi connectivity index (χ4n) is 4.69. The molecule has 2 aliphatic heterocycles. The summed E-state index contributed by atoms with van der Waals surface area (Å²) in [4.78, 5) is 32.3. The minimum absolute atomic E-state index is 0.00843. The number of amides is 2. The van der Waals surface area contributed by atoms with Crippen molar-refractivity contribution in [3.05, 3.63) is 42.1 Å². The second-order valence-electron chi connectivity index (χ2n) is 8.83. The van der Waals surface area contributed by atoms with Gasteiger partial charge in [-0.15, -0.1) is 0 Å². The highest BCUT2D eigenvalue weighted by Gasteiger charge is 2.27. The summed E-state index contributed by atoms with van der Waals surface area (Å²) in [6, 6.07) is 1.89. The molecule has 0 aromatic carbocycles. The molecule has 5 rings (SSSR count). The van der Waals surface area contributed by atoms with Crippen LogP contribution in [0.3, 0.4) is 0 Å². The summed E-state index contributed by atoms with van der Waals surface area (Å²) >= 11 is 0. The number of aryl methyl sites for hydroxylation is 1. The Morgan fingerprint density at radius 1 is 1.12 bits per heavy atom. The van der Waals surface area contributed by atoms with E-state index in [2.05, 4.69) is 20.7 Å². The van der Waals surface area contributed by atoms with E-state index in [0.29, 0.717) is 56.8 Å². The summed E-state index contributed by atoms with van der Waals surface area (Å²) < 4.78 is 12.3. The van der Waals surface area contributed by atoms with Crippen LogP contribution in [0, 0.1) is 0 Å². The van der Waals surface area contributed by atoms with Crippen LogP contribution >= 0.6 is 0 Å². The Hall–Kier alpha value is -3.40. The van der Waals surface area contributed by atoms with Crippen LogP contribution in [0.25, 0.3) is 11.0 Å². The number of nitrogens with one attached hydrogen (secondary N) is 2. The highest BCUT2D eigenvalue weighted by Crippen LogP contribution is 2.28. The van der Waals surface area contributed by atoms with Crippen molar-refractivity contribution < 1.29 is 18.7 Å². The van der Waals surface area contributed by atoms with Gasteiger partial charge in [0.05, 0.1) is 34.7 Å². The summed E-state index contributed by atoms with van der Waals surface area (Å²) in [5.41, 5.74) is 2.62. The molecule has 3 aromatic rings. The van der Waals surface area contributed by atoms with Gasteiger partial charge in [0.1, 0.15) is 6.26 Å². The first-order chi connectivity index (χ1) is 16.6. The van der Waals surface area contributed by atoms with Gasteiger partial charge in [0.2, 0.25) is 0 Å². The van der Waals surface area contributed by atoms with Crippen molar-refractivity contribution in [1.82, 2.24) is 25.0 Å². The molecule has 10 nitrogen and oxygen atoms in total. The molecule has 5 heterocycles. The largest absolute Gasteiger partial charge is 0.472 e. The van der Waals surface area contributed by atoms with Crippen molar-refractivity contribution in [2.75, 3.05) is 31.6 Å². The lowest BCUT2D eigenvalue weighted by molar-refractivity contribution is 0.0697. The second kappa shape index (κ2) is 9.84. The third kappa shape index (κ3) is 4.50. The Morgan fingerprint density at radius 2 is 1.91 bits per heavy atom. The molecule has 34 heavy (non-hydrogen) atoms. The molecular weight excluding hydrogens is 436 g/mol. The van der Waals surface area contributed by atoms with E-state index < -0.39 is 0 Å². The molecular formula is C24H30N6O4. The summed E-state index contributed by atoms with van der Waals surface area (Å²) in [6.07, 6.45) is 9.55. The first-order valence-corrected chi connectivity index (χ1v) is 11.9. The minimum Gasteiger partial charge on any atom is -0.472 e. The maximum atomic E-state index is 13.4. The molecule has 0 bridgehead atoms. The number of pyridine rings is 1. The number of aromatic nitrogens is 3. The van der Waals surface area contributed by atoms with Crippen LogP contribution in [0.15, 0.2) is 35.4 Å². The summed E-state index contributed by atoms with van der Waals surface area (Å²) in [5, 5.41) is 12.0. The number of ether oxygens (including phenoxy) is 1. The van der Waals surface area contributed by atoms with Gasteiger partial charge in [-0.1, -0.05) is 0 Å². The highest BCUT2D eigenvalue weighted by atomic mass is 16.5. The van der Waals surface area contributed by atoms with Crippen LogP contribution < -0.4 is 10.6 Å². The highest BCUT2D eigenvalue weighted by molar-refractivity contribution is 6.06. The smallest absolute Gasteiger partial charge is 0.257 e. The van der Waals surface area contributed by atoms with Crippen molar-refractivity contribution in [1.29, 1.82) is 0 Å². The Morgan fingerprint density at radius 3 is 2.62 bits per heavy atom. The number of carbonyl (C=O) groups excluding carboxylic acids is 2. The topological polar surface area (TPSA) is 115 Å². The zero-order chi connectivity index (χ0) is 23.5. The van der Waals surface area contributed by atoms with E-state index in [1.54, 1.807) is 23.4 Å². The van der Waals surface area contributed by atoms with Crippen LogP contribution in [-0.4, -0.2) is 69.9 Å². The molecule has 0 radical (unpaired) electrons. The molecule has 0 aliphatic carbocycles. The Labute approximate surface area is 197 Å². The summed E-state index contributed by atoms with van der Waals surface area (Å²) in [6.45, 7) is 5.31. The Bertz CT molecular complexity index is 1140. The van der Waals surface area contributed by atoms with Crippen molar-refractivity contribution in [2.45, 2.75) is 51.2 Å². The van der Waals surface area contributed by atoms with Gasteiger partial charge in [-0.3, -0.25) is 9.59 Å². The van der Waals surface area contributed by atoms with Gasteiger partial charge in [0, 0.05) is 51.1 Å². The lowest BCUT2D eigenvalue weighted by Gasteiger charge is -2.32. The van der Waals surface area contributed by atoms with E-state index in [-0.39, 0.29) is 23.9 Å². The van der Waals surface area contributed by atoms with Gasteiger partial charge in [0.15, 0.2) is 5.65 Å². The van der Waals surface area contributed by atoms with Gasteiger partial charge in [-0.05, 0) is 38.7 Å². The van der Waals surface area contributed by atoms with Crippen molar-refractivity contribution in [2.24, 2.45) is 0 Å². The van der Waals surface area contributed by atoms with E-state index in [9.17, 15) is 9.59 Å². The number of hydrogen-bond donors (Lipinski definition) is 2. The first-order valence-electron chi connectivity index (χ1n) is 11.9. The average molecular weight is 467 g/mol. The third-order valence-electron chi connectivity index (χ3n) is 6.67. The predicted molar refractivity (Wildman–Crippen MR) is 126 cm³/mol. The molecule has 0 spiro atoms. The number of likely N-dealkylation sites (tertiary alicyclic amines) is 1. The first kappa shape index (κ1) is 22.4. The van der Waals surface area contributed by atoms with Gasteiger partial charge in [0.25, 0.3) is 11.8 Å². The third-order valence-corrected chi connectivity index (χ3v) is 6.67. The van der Waals surface area contributed by atoms with Crippen LogP contribution in [0.5, 0.6) is 0 Å². The van der Waals surface area contributed by atoms with Gasteiger partial charge < -0.3 is 24.7 Å². The molecule has 3 aromatic heterocycles. The van der Waals surface area contributed by atoms with Crippen molar-refractivity contribution in [3.63, 3.8) is 0 Å². The number of rotatable bonds is 6. The lowest BCUT2D eigenvalue weighted by atomic mass is 10.0. The van der Waals surface area contributed by atoms with Crippen LogP contribution in [0.2, 0.25) is 0 Å². The molecule has 2 fully saturated rings. The van der Waals surface area contributed by atoms with Crippen LogP contribution in [0.1, 0.15) is 53.3 Å². The maximum Gasteiger partial charge on any atom is 0.257 e. The fourth-order valence-corrected chi connectivity index (χ4v) is 4.69. The van der Waals surface area contributed by atoms with E-state index >= 15 is 0 Å². The fraction of sp³-hybridized carbons (Fsp3) is 0.500. The molecule has 0 unspecified atom stereocenters. The second-order valence-corrected chi connectivity index (χ2v) is 8.83. The predicted octanol–water partition coefficient (Wildman–Crippen LogP) is 2.67. The van der Waals surface area contributed by atoms with Crippen molar-refractivity contribution >= 4 is 28.5 Å². The van der Waals surface area contributed by atoms with Gasteiger partial charge >= 0.3 is 0 Å². The molecule has 2 aliphatic rings. The van der Waals surface area contributed by atoms with Crippen LogP contribution in [0.4, 0.5) is 5.69 Å². The molecule has 0 saturated carbocycles. The molecule has 2 amide bonds. The summed E-state index contributed by atoms with van der Waals surface area (Å²) in [7, 11) is 0. The van der Waals surface area contributed by atoms with E-state index in [0.717, 1.165) is 29.6 Å². The van der Waals surface area contributed by atoms with Crippen LogP contribution in [-0.2, 0) is 11.3 Å². The Balaban J connectivity index is 1.30. The van der Waals surface area contributed by atoms with Gasteiger partial charge in [-0.25, -0.2) is 9.67 Å².